The summed E-state index contributed by atoms with van der Waals surface area (Å²) in [5, 5.41) is 18.7. The van der Waals surface area contributed by atoms with Gasteiger partial charge in [0.2, 0.25) is 0 Å². The lowest BCUT2D eigenvalue weighted by atomic mass is 10.1. The van der Waals surface area contributed by atoms with Crippen molar-refractivity contribution in [3.8, 4) is 11.5 Å². The van der Waals surface area contributed by atoms with Gasteiger partial charge in [0.25, 0.3) is 11.6 Å². The zero-order chi connectivity index (χ0) is 19.6. The van der Waals surface area contributed by atoms with Crippen LogP contribution in [0.3, 0.4) is 0 Å². The number of aromatic nitrogens is 2. The Hall–Kier alpha value is -3.22. The number of nitro benzene ring substituents is 1. The molecule has 1 aromatic heterocycles. The van der Waals surface area contributed by atoms with Gasteiger partial charge in [-0.05, 0) is 31.5 Å². The molecule has 0 unspecified atom stereocenters. The van der Waals surface area contributed by atoms with Gasteiger partial charge < -0.3 is 9.84 Å². The number of hydrogen-bond donors (Lipinski definition) is 1. The largest absolute Gasteiger partial charge is 0.373 e. The van der Waals surface area contributed by atoms with Crippen LogP contribution < -0.4 is 5.32 Å². The second-order valence-electron chi connectivity index (χ2n) is 6.88. The number of nitro groups is 1. The molecule has 1 N–H and O–H groups in total. The minimum absolute atomic E-state index is 0.0317. The summed E-state index contributed by atoms with van der Waals surface area (Å²) in [5.74, 6) is 0.969. The maximum Gasteiger partial charge on any atom is 0.293 e. The van der Waals surface area contributed by atoms with Crippen LogP contribution in [0.25, 0.3) is 11.5 Å². The van der Waals surface area contributed by atoms with Gasteiger partial charge >= 0.3 is 0 Å². The highest BCUT2D eigenvalue weighted by molar-refractivity contribution is 5.70. The molecule has 3 rings (SSSR count). The first kappa shape index (κ1) is 18.6. The Morgan fingerprint density at radius 3 is 2.41 bits per heavy atom. The van der Waals surface area contributed by atoms with Crippen LogP contribution in [-0.4, -0.2) is 15.1 Å². The summed E-state index contributed by atoms with van der Waals surface area (Å²) in [6, 6.07) is 12.9. The average molecular weight is 366 g/mol. The Balaban J connectivity index is 1.89. The highest BCUT2D eigenvalue weighted by Crippen LogP contribution is 2.32. The van der Waals surface area contributed by atoms with E-state index in [1.165, 1.54) is 11.6 Å². The second kappa shape index (κ2) is 7.57. The van der Waals surface area contributed by atoms with Crippen LogP contribution in [-0.2, 0) is 0 Å². The van der Waals surface area contributed by atoms with Crippen LogP contribution in [0.5, 0.6) is 0 Å². The van der Waals surface area contributed by atoms with E-state index in [9.17, 15) is 10.1 Å². The van der Waals surface area contributed by atoms with Gasteiger partial charge in [0.15, 0.2) is 5.82 Å². The van der Waals surface area contributed by atoms with Crippen molar-refractivity contribution in [2.24, 2.45) is 0 Å². The summed E-state index contributed by atoms with van der Waals surface area (Å²) in [7, 11) is 0. The van der Waals surface area contributed by atoms with E-state index in [-0.39, 0.29) is 23.5 Å². The Morgan fingerprint density at radius 2 is 1.81 bits per heavy atom. The van der Waals surface area contributed by atoms with E-state index in [0.717, 1.165) is 5.56 Å². The molecule has 27 heavy (non-hydrogen) atoms. The highest BCUT2D eigenvalue weighted by atomic mass is 16.6. The lowest BCUT2D eigenvalue weighted by Gasteiger charge is -2.16. The Kier molecular flexibility index (Phi) is 5.21. The highest BCUT2D eigenvalue weighted by Gasteiger charge is 2.20. The van der Waals surface area contributed by atoms with Crippen molar-refractivity contribution >= 4 is 11.4 Å². The van der Waals surface area contributed by atoms with E-state index in [4.69, 9.17) is 4.52 Å². The third kappa shape index (κ3) is 4.13. The molecule has 140 valence electrons. The number of nitrogens with zero attached hydrogens (tertiary/aromatic N) is 3. The van der Waals surface area contributed by atoms with Crippen LogP contribution in [0.2, 0.25) is 0 Å². The van der Waals surface area contributed by atoms with E-state index < -0.39 is 4.92 Å². The summed E-state index contributed by atoms with van der Waals surface area (Å²) in [4.78, 5) is 15.5. The Morgan fingerprint density at radius 1 is 1.11 bits per heavy atom. The first-order chi connectivity index (χ1) is 12.8. The van der Waals surface area contributed by atoms with Crippen LogP contribution >= 0.6 is 0 Å². The number of anilines is 1. The van der Waals surface area contributed by atoms with Crippen molar-refractivity contribution in [2.45, 2.75) is 39.7 Å². The summed E-state index contributed by atoms with van der Waals surface area (Å²) in [5.41, 5.74) is 3.16. The standard InChI is InChI=1S/C20H22N4O3/c1-12(2)19-22-20(27-23-19)16-9-10-17(18(11-16)24(25)26)21-14(4)15-7-5-13(3)6-8-15/h5-12,14,21H,1-4H3/t14-/m1/s1. The third-order valence-corrected chi connectivity index (χ3v) is 4.35. The second-order valence-corrected chi connectivity index (χ2v) is 6.88. The fraction of sp³-hybridized carbons (Fsp3) is 0.300. The van der Waals surface area contributed by atoms with Crippen molar-refractivity contribution < 1.29 is 9.45 Å². The van der Waals surface area contributed by atoms with E-state index in [0.29, 0.717) is 17.1 Å². The van der Waals surface area contributed by atoms with E-state index in [2.05, 4.69) is 15.5 Å². The van der Waals surface area contributed by atoms with Crippen LogP contribution in [0.4, 0.5) is 11.4 Å². The SMILES string of the molecule is Cc1ccc([C@@H](C)Nc2ccc(-c3nc(C(C)C)no3)cc2[N+](=O)[O-])cc1. The zero-order valence-corrected chi connectivity index (χ0v) is 15.8. The predicted octanol–water partition coefficient (Wildman–Crippen LogP) is 5.25. The fourth-order valence-corrected chi connectivity index (χ4v) is 2.70. The lowest BCUT2D eigenvalue weighted by molar-refractivity contribution is -0.383. The van der Waals surface area contributed by atoms with E-state index in [1.807, 2.05) is 52.0 Å². The van der Waals surface area contributed by atoms with Gasteiger partial charge in [-0.15, -0.1) is 0 Å². The number of hydrogen-bond acceptors (Lipinski definition) is 6. The molecule has 0 radical (unpaired) electrons. The monoisotopic (exact) mass is 366 g/mol. The average Bonchev–Trinajstić information content (AvgIpc) is 3.13. The molecular weight excluding hydrogens is 344 g/mol. The minimum Gasteiger partial charge on any atom is -0.373 e. The molecule has 1 heterocycles. The molecule has 0 amide bonds. The van der Waals surface area contributed by atoms with Crippen LogP contribution in [0.1, 0.15) is 49.7 Å². The topological polar surface area (TPSA) is 94.1 Å². The fourth-order valence-electron chi connectivity index (χ4n) is 2.70. The maximum absolute atomic E-state index is 11.6. The quantitative estimate of drug-likeness (QED) is 0.473. The molecule has 0 aliphatic carbocycles. The van der Waals surface area contributed by atoms with Gasteiger partial charge in [0, 0.05) is 23.6 Å². The van der Waals surface area contributed by atoms with E-state index >= 15 is 0 Å². The van der Waals surface area contributed by atoms with Crippen molar-refractivity contribution in [2.75, 3.05) is 5.32 Å². The number of nitrogens with one attached hydrogen (secondary N) is 1. The van der Waals surface area contributed by atoms with Crippen molar-refractivity contribution in [1.82, 2.24) is 10.1 Å². The van der Waals surface area contributed by atoms with Crippen molar-refractivity contribution in [3.05, 3.63) is 69.5 Å². The molecule has 0 saturated carbocycles. The molecule has 0 saturated heterocycles. The first-order valence-corrected chi connectivity index (χ1v) is 8.80. The Bertz CT molecular complexity index is 948. The van der Waals surface area contributed by atoms with Crippen LogP contribution in [0, 0.1) is 17.0 Å². The van der Waals surface area contributed by atoms with Gasteiger partial charge in [-0.3, -0.25) is 10.1 Å². The molecule has 2 aromatic carbocycles. The summed E-state index contributed by atoms with van der Waals surface area (Å²) in [6.45, 7) is 7.90. The molecule has 0 spiro atoms. The molecular formula is C20H22N4O3. The Labute approximate surface area is 157 Å². The zero-order valence-electron chi connectivity index (χ0n) is 15.8. The summed E-state index contributed by atoms with van der Waals surface area (Å²) >= 11 is 0. The molecule has 0 aliphatic heterocycles. The maximum atomic E-state index is 11.6. The number of benzene rings is 2. The molecule has 0 bridgehead atoms. The number of rotatable bonds is 6. The first-order valence-electron chi connectivity index (χ1n) is 8.80. The smallest absolute Gasteiger partial charge is 0.293 e. The third-order valence-electron chi connectivity index (χ3n) is 4.35. The van der Waals surface area contributed by atoms with Crippen molar-refractivity contribution in [1.29, 1.82) is 0 Å². The number of aryl methyl sites for hydroxylation is 1. The van der Waals surface area contributed by atoms with Gasteiger partial charge in [0.05, 0.1) is 4.92 Å². The van der Waals surface area contributed by atoms with Gasteiger partial charge in [-0.25, -0.2) is 0 Å². The minimum atomic E-state index is -0.409. The molecule has 3 aromatic rings. The van der Waals surface area contributed by atoms with Gasteiger partial charge in [0.1, 0.15) is 5.69 Å². The van der Waals surface area contributed by atoms with Crippen LogP contribution in [0.15, 0.2) is 47.0 Å². The molecule has 7 heteroatoms. The normalized spacial score (nSPS) is 12.2. The molecule has 0 fully saturated rings. The predicted molar refractivity (Wildman–Crippen MR) is 104 cm³/mol. The molecule has 0 aliphatic rings. The van der Waals surface area contributed by atoms with Gasteiger partial charge in [-0.1, -0.05) is 48.8 Å². The van der Waals surface area contributed by atoms with Gasteiger partial charge in [-0.2, -0.15) is 4.98 Å². The summed E-state index contributed by atoms with van der Waals surface area (Å²) < 4.78 is 5.24. The summed E-state index contributed by atoms with van der Waals surface area (Å²) in [6.07, 6.45) is 0. The van der Waals surface area contributed by atoms with E-state index in [1.54, 1.807) is 12.1 Å². The lowest BCUT2D eigenvalue weighted by Crippen LogP contribution is -2.08. The van der Waals surface area contributed by atoms with Crippen molar-refractivity contribution in [3.63, 3.8) is 0 Å². The molecule has 1 atom stereocenters. The molecule has 7 nitrogen and oxygen atoms in total.